The fourth-order valence-electron chi connectivity index (χ4n) is 2.34. The molecular weight excluding hydrogens is 272 g/mol. The van der Waals surface area contributed by atoms with E-state index in [-0.39, 0.29) is 6.09 Å². The highest BCUT2D eigenvalue weighted by Crippen LogP contribution is 2.26. The van der Waals surface area contributed by atoms with Crippen molar-refractivity contribution >= 4 is 17.4 Å². The summed E-state index contributed by atoms with van der Waals surface area (Å²) < 4.78 is 4.93. The number of carbonyl (C=O) groups excluding carboxylic acids is 1. The van der Waals surface area contributed by atoms with Gasteiger partial charge in [0.1, 0.15) is 11.6 Å². The van der Waals surface area contributed by atoms with Crippen LogP contribution in [-0.4, -0.2) is 29.1 Å². The molecule has 1 aromatic carbocycles. The fraction of sp³-hybridized carbons (Fsp3) is 0.333. The third-order valence-electron chi connectivity index (χ3n) is 3.38. The van der Waals surface area contributed by atoms with E-state index < -0.39 is 0 Å². The summed E-state index contributed by atoms with van der Waals surface area (Å²) >= 11 is 1.59. The van der Waals surface area contributed by atoms with Gasteiger partial charge in [0.25, 0.3) is 0 Å². The SMILES string of the molecule is Cc1ccc(-c2csc(CN3CCOC3=O)n2)c(C)c1. The first-order valence-electron chi connectivity index (χ1n) is 6.57. The Bertz CT molecular complexity index is 651. The molecule has 0 spiro atoms. The van der Waals surface area contributed by atoms with E-state index in [4.69, 9.17) is 4.74 Å². The van der Waals surface area contributed by atoms with E-state index in [0.717, 1.165) is 16.3 Å². The molecule has 5 heteroatoms. The highest BCUT2D eigenvalue weighted by molar-refractivity contribution is 7.09. The molecule has 104 valence electrons. The zero-order valence-corrected chi connectivity index (χ0v) is 12.4. The molecule has 2 heterocycles. The summed E-state index contributed by atoms with van der Waals surface area (Å²) in [7, 11) is 0. The normalized spacial score (nSPS) is 14.7. The highest BCUT2D eigenvalue weighted by atomic mass is 32.1. The highest BCUT2D eigenvalue weighted by Gasteiger charge is 2.23. The summed E-state index contributed by atoms with van der Waals surface area (Å²) in [5, 5.41) is 2.99. The van der Waals surface area contributed by atoms with Crippen molar-refractivity contribution in [3.8, 4) is 11.3 Å². The van der Waals surface area contributed by atoms with Gasteiger partial charge in [0.2, 0.25) is 0 Å². The predicted octanol–water partition coefficient (Wildman–Crippen LogP) is 3.38. The number of aromatic nitrogens is 1. The van der Waals surface area contributed by atoms with E-state index in [1.165, 1.54) is 11.1 Å². The minimum Gasteiger partial charge on any atom is -0.448 e. The van der Waals surface area contributed by atoms with Gasteiger partial charge in [0, 0.05) is 10.9 Å². The van der Waals surface area contributed by atoms with Crippen LogP contribution in [0, 0.1) is 13.8 Å². The van der Waals surface area contributed by atoms with Crippen molar-refractivity contribution in [1.82, 2.24) is 9.88 Å². The maximum atomic E-state index is 11.4. The lowest BCUT2D eigenvalue weighted by Gasteiger charge is -2.09. The largest absolute Gasteiger partial charge is 0.448 e. The van der Waals surface area contributed by atoms with Gasteiger partial charge in [-0.2, -0.15) is 0 Å². The number of carbonyl (C=O) groups is 1. The van der Waals surface area contributed by atoms with Crippen LogP contribution < -0.4 is 0 Å². The van der Waals surface area contributed by atoms with Crippen LogP contribution in [0.4, 0.5) is 4.79 Å². The van der Waals surface area contributed by atoms with Crippen molar-refractivity contribution in [2.24, 2.45) is 0 Å². The van der Waals surface area contributed by atoms with Crippen LogP contribution in [-0.2, 0) is 11.3 Å². The van der Waals surface area contributed by atoms with Gasteiger partial charge < -0.3 is 4.74 Å². The van der Waals surface area contributed by atoms with Gasteiger partial charge in [0.05, 0.1) is 18.8 Å². The number of benzene rings is 1. The number of thiazole rings is 1. The maximum absolute atomic E-state index is 11.4. The maximum Gasteiger partial charge on any atom is 0.410 e. The number of amides is 1. The molecule has 1 saturated heterocycles. The van der Waals surface area contributed by atoms with E-state index in [0.29, 0.717) is 19.7 Å². The summed E-state index contributed by atoms with van der Waals surface area (Å²) in [5.41, 5.74) is 4.61. The Kier molecular flexibility index (Phi) is 3.44. The van der Waals surface area contributed by atoms with E-state index in [2.05, 4.69) is 42.4 Å². The lowest BCUT2D eigenvalue weighted by atomic mass is 10.0. The second kappa shape index (κ2) is 5.25. The number of cyclic esters (lactones) is 1. The van der Waals surface area contributed by atoms with Crippen LogP contribution in [0.2, 0.25) is 0 Å². The average molecular weight is 288 g/mol. The van der Waals surface area contributed by atoms with Gasteiger partial charge in [0.15, 0.2) is 0 Å². The topological polar surface area (TPSA) is 42.4 Å². The van der Waals surface area contributed by atoms with E-state index >= 15 is 0 Å². The van der Waals surface area contributed by atoms with Gasteiger partial charge >= 0.3 is 6.09 Å². The van der Waals surface area contributed by atoms with Crippen molar-refractivity contribution in [3.05, 3.63) is 39.7 Å². The molecule has 0 atom stereocenters. The monoisotopic (exact) mass is 288 g/mol. The smallest absolute Gasteiger partial charge is 0.410 e. The molecule has 0 N–H and O–H groups in total. The Hall–Kier alpha value is -1.88. The number of hydrogen-bond donors (Lipinski definition) is 0. The molecule has 1 amide bonds. The zero-order valence-electron chi connectivity index (χ0n) is 11.5. The van der Waals surface area contributed by atoms with Gasteiger partial charge in [-0.05, 0) is 19.4 Å². The van der Waals surface area contributed by atoms with Crippen LogP contribution in [0.25, 0.3) is 11.3 Å². The van der Waals surface area contributed by atoms with E-state index in [1.54, 1.807) is 16.2 Å². The van der Waals surface area contributed by atoms with Crippen LogP contribution >= 0.6 is 11.3 Å². The minimum atomic E-state index is -0.242. The fourth-order valence-corrected chi connectivity index (χ4v) is 3.15. The predicted molar refractivity (Wildman–Crippen MR) is 78.8 cm³/mol. The Labute approximate surface area is 122 Å². The molecule has 0 bridgehead atoms. The van der Waals surface area contributed by atoms with Crippen LogP contribution in [0.1, 0.15) is 16.1 Å². The summed E-state index contributed by atoms with van der Waals surface area (Å²) in [6.07, 6.45) is -0.242. The molecule has 1 aromatic heterocycles. The molecule has 0 saturated carbocycles. The Morgan fingerprint density at radius 3 is 2.95 bits per heavy atom. The molecule has 0 unspecified atom stereocenters. The third kappa shape index (κ3) is 2.54. The molecule has 1 aliphatic rings. The van der Waals surface area contributed by atoms with Crippen LogP contribution in [0.5, 0.6) is 0 Å². The summed E-state index contributed by atoms with van der Waals surface area (Å²) in [5.74, 6) is 0. The Balaban J connectivity index is 1.81. The summed E-state index contributed by atoms with van der Waals surface area (Å²) in [6.45, 7) is 5.85. The molecule has 2 aromatic rings. The summed E-state index contributed by atoms with van der Waals surface area (Å²) in [4.78, 5) is 17.8. The van der Waals surface area contributed by atoms with Crippen LogP contribution in [0.3, 0.4) is 0 Å². The average Bonchev–Trinajstić information content (AvgIpc) is 3.00. The number of aryl methyl sites for hydroxylation is 2. The molecule has 0 aliphatic carbocycles. The van der Waals surface area contributed by atoms with Gasteiger partial charge in [-0.15, -0.1) is 11.3 Å². The molecule has 3 rings (SSSR count). The molecule has 4 nitrogen and oxygen atoms in total. The van der Waals surface area contributed by atoms with Gasteiger partial charge in [-0.25, -0.2) is 9.78 Å². The number of rotatable bonds is 3. The van der Waals surface area contributed by atoms with Crippen molar-refractivity contribution in [1.29, 1.82) is 0 Å². The first kappa shape index (κ1) is 13.1. The van der Waals surface area contributed by atoms with E-state index in [9.17, 15) is 4.79 Å². The first-order valence-corrected chi connectivity index (χ1v) is 7.45. The second-order valence-electron chi connectivity index (χ2n) is 4.98. The molecular formula is C15H16N2O2S. The number of nitrogens with zero attached hydrogens (tertiary/aromatic N) is 2. The van der Waals surface area contributed by atoms with Crippen molar-refractivity contribution in [2.75, 3.05) is 13.2 Å². The number of ether oxygens (including phenoxy) is 1. The Morgan fingerprint density at radius 1 is 1.40 bits per heavy atom. The Morgan fingerprint density at radius 2 is 2.25 bits per heavy atom. The lowest BCUT2D eigenvalue weighted by Crippen LogP contribution is -2.23. The number of hydrogen-bond acceptors (Lipinski definition) is 4. The minimum absolute atomic E-state index is 0.242. The van der Waals surface area contributed by atoms with Crippen molar-refractivity contribution in [2.45, 2.75) is 20.4 Å². The lowest BCUT2D eigenvalue weighted by molar-refractivity contribution is 0.157. The van der Waals surface area contributed by atoms with Crippen molar-refractivity contribution < 1.29 is 9.53 Å². The van der Waals surface area contributed by atoms with Crippen molar-refractivity contribution in [3.63, 3.8) is 0 Å². The third-order valence-corrected chi connectivity index (χ3v) is 4.21. The van der Waals surface area contributed by atoms with E-state index in [1.807, 2.05) is 0 Å². The molecule has 0 radical (unpaired) electrons. The quantitative estimate of drug-likeness (QED) is 0.869. The molecule has 1 aliphatic heterocycles. The van der Waals surface area contributed by atoms with Crippen LogP contribution in [0.15, 0.2) is 23.6 Å². The standard InChI is InChI=1S/C15H16N2O2S/c1-10-3-4-12(11(2)7-10)13-9-20-14(16-13)8-17-5-6-19-15(17)18/h3-4,7,9H,5-6,8H2,1-2H3. The summed E-state index contributed by atoms with van der Waals surface area (Å²) in [6, 6.07) is 6.36. The molecule has 20 heavy (non-hydrogen) atoms. The van der Waals surface area contributed by atoms with Gasteiger partial charge in [-0.3, -0.25) is 4.90 Å². The molecule has 1 fully saturated rings. The zero-order chi connectivity index (χ0) is 14.1. The second-order valence-corrected chi connectivity index (χ2v) is 5.92. The van der Waals surface area contributed by atoms with Gasteiger partial charge in [-0.1, -0.05) is 23.8 Å². The first-order chi connectivity index (χ1) is 9.63.